The molecule has 0 aliphatic heterocycles. The summed E-state index contributed by atoms with van der Waals surface area (Å²) in [6.07, 6.45) is 0. The topological polar surface area (TPSA) is 58.2 Å². The second-order valence-electron chi connectivity index (χ2n) is 3.55. The van der Waals surface area contributed by atoms with Crippen molar-refractivity contribution in [2.24, 2.45) is 0 Å². The zero-order valence-corrected chi connectivity index (χ0v) is 12.0. The van der Waals surface area contributed by atoms with E-state index in [2.05, 4.69) is 39.2 Å². The molecule has 0 fully saturated rings. The average Bonchev–Trinajstić information content (AvgIpc) is 2.30. The molecule has 0 saturated carbocycles. The standard InChI is InChI=1S/C11H12BrFN2O2S/c1-6(16)14-10(5-18)11(17)15-9-4-7(12)2-3-8(9)13/h2-4,10,18H,5H2,1H3,(H,14,16)(H,15,17). The molecule has 2 amide bonds. The summed E-state index contributed by atoms with van der Waals surface area (Å²) in [6.45, 7) is 1.30. The third kappa shape index (κ3) is 4.30. The Morgan fingerprint density at radius 2 is 2.17 bits per heavy atom. The van der Waals surface area contributed by atoms with Crippen LogP contribution in [-0.2, 0) is 9.59 Å². The van der Waals surface area contributed by atoms with Crippen LogP contribution in [0.3, 0.4) is 0 Å². The van der Waals surface area contributed by atoms with Gasteiger partial charge in [0.2, 0.25) is 11.8 Å². The lowest BCUT2D eigenvalue weighted by Crippen LogP contribution is -2.44. The lowest BCUT2D eigenvalue weighted by molar-refractivity contribution is -0.124. The van der Waals surface area contributed by atoms with E-state index in [-0.39, 0.29) is 17.3 Å². The third-order valence-electron chi connectivity index (χ3n) is 2.06. The molecule has 0 saturated heterocycles. The predicted octanol–water partition coefficient (Wildman–Crippen LogP) is 1.96. The van der Waals surface area contributed by atoms with E-state index in [1.807, 2.05) is 0 Å². The van der Waals surface area contributed by atoms with Gasteiger partial charge in [0.25, 0.3) is 0 Å². The first-order valence-corrected chi connectivity index (χ1v) is 6.50. The van der Waals surface area contributed by atoms with Gasteiger partial charge in [-0.15, -0.1) is 0 Å². The van der Waals surface area contributed by atoms with E-state index in [9.17, 15) is 14.0 Å². The number of amides is 2. The maximum absolute atomic E-state index is 13.4. The number of nitrogens with one attached hydrogen (secondary N) is 2. The van der Waals surface area contributed by atoms with E-state index in [4.69, 9.17) is 0 Å². The maximum Gasteiger partial charge on any atom is 0.247 e. The SMILES string of the molecule is CC(=O)NC(CS)C(=O)Nc1cc(Br)ccc1F. The summed E-state index contributed by atoms with van der Waals surface area (Å²) in [5.74, 6) is -1.29. The first-order chi connectivity index (χ1) is 8.43. The molecule has 0 aliphatic carbocycles. The average molecular weight is 335 g/mol. The molecule has 1 unspecified atom stereocenters. The van der Waals surface area contributed by atoms with Gasteiger partial charge in [0.1, 0.15) is 11.9 Å². The number of thiol groups is 1. The minimum atomic E-state index is -0.802. The summed E-state index contributed by atoms with van der Waals surface area (Å²) < 4.78 is 14.1. The summed E-state index contributed by atoms with van der Waals surface area (Å²) in [6, 6.07) is 3.39. The van der Waals surface area contributed by atoms with Gasteiger partial charge in [-0.3, -0.25) is 9.59 Å². The van der Waals surface area contributed by atoms with Crippen molar-refractivity contribution in [2.75, 3.05) is 11.1 Å². The zero-order chi connectivity index (χ0) is 13.7. The molecule has 0 heterocycles. The highest BCUT2D eigenvalue weighted by Crippen LogP contribution is 2.20. The van der Waals surface area contributed by atoms with E-state index < -0.39 is 17.8 Å². The molecule has 4 nitrogen and oxygen atoms in total. The highest BCUT2D eigenvalue weighted by atomic mass is 79.9. The number of rotatable bonds is 4. The minimum Gasteiger partial charge on any atom is -0.344 e. The van der Waals surface area contributed by atoms with Crippen molar-refractivity contribution in [3.63, 3.8) is 0 Å². The van der Waals surface area contributed by atoms with Crippen LogP contribution in [0.15, 0.2) is 22.7 Å². The zero-order valence-electron chi connectivity index (χ0n) is 9.54. The Kier molecular flexibility index (Phi) is 5.61. The molecule has 0 spiro atoms. The first-order valence-electron chi connectivity index (χ1n) is 5.08. The highest BCUT2D eigenvalue weighted by Gasteiger charge is 2.18. The van der Waals surface area contributed by atoms with Gasteiger partial charge in [-0.1, -0.05) is 15.9 Å². The fourth-order valence-corrected chi connectivity index (χ4v) is 1.87. The molecular formula is C11H12BrFN2O2S. The Morgan fingerprint density at radius 3 is 2.72 bits per heavy atom. The van der Waals surface area contributed by atoms with Crippen LogP contribution in [0, 0.1) is 5.82 Å². The lowest BCUT2D eigenvalue weighted by atomic mass is 10.2. The molecule has 1 rings (SSSR count). The predicted molar refractivity (Wildman–Crippen MR) is 74.2 cm³/mol. The van der Waals surface area contributed by atoms with E-state index in [1.54, 1.807) is 0 Å². The van der Waals surface area contributed by atoms with Crippen molar-refractivity contribution in [2.45, 2.75) is 13.0 Å². The Bertz CT molecular complexity index is 470. The molecule has 2 N–H and O–H groups in total. The van der Waals surface area contributed by atoms with Crippen molar-refractivity contribution >= 4 is 46.1 Å². The van der Waals surface area contributed by atoms with Crippen LogP contribution in [0.1, 0.15) is 6.92 Å². The molecule has 0 radical (unpaired) electrons. The second-order valence-corrected chi connectivity index (χ2v) is 4.83. The van der Waals surface area contributed by atoms with Gasteiger partial charge in [-0.2, -0.15) is 12.6 Å². The summed E-state index contributed by atoms with van der Waals surface area (Å²) in [5.41, 5.74) is 0.0477. The second kappa shape index (κ2) is 6.75. The van der Waals surface area contributed by atoms with E-state index >= 15 is 0 Å². The van der Waals surface area contributed by atoms with Crippen LogP contribution in [0.4, 0.5) is 10.1 Å². The number of halogens is 2. The summed E-state index contributed by atoms with van der Waals surface area (Å²) >= 11 is 7.14. The molecule has 0 bridgehead atoms. The minimum absolute atomic E-state index is 0.0477. The van der Waals surface area contributed by atoms with Gasteiger partial charge in [0.15, 0.2) is 0 Å². The fourth-order valence-electron chi connectivity index (χ4n) is 1.25. The smallest absolute Gasteiger partial charge is 0.247 e. The molecule has 98 valence electrons. The molecule has 18 heavy (non-hydrogen) atoms. The molecule has 0 aromatic heterocycles. The lowest BCUT2D eigenvalue weighted by Gasteiger charge is -2.15. The monoisotopic (exact) mass is 334 g/mol. The fraction of sp³-hybridized carbons (Fsp3) is 0.273. The summed E-state index contributed by atoms with van der Waals surface area (Å²) in [7, 11) is 0. The van der Waals surface area contributed by atoms with Gasteiger partial charge < -0.3 is 10.6 Å². The van der Waals surface area contributed by atoms with Crippen molar-refractivity contribution < 1.29 is 14.0 Å². The number of anilines is 1. The molecule has 1 atom stereocenters. The van der Waals surface area contributed by atoms with Crippen LogP contribution in [-0.4, -0.2) is 23.6 Å². The first kappa shape index (κ1) is 15.0. The van der Waals surface area contributed by atoms with Crippen LogP contribution >= 0.6 is 28.6 Å². The van der Waals surface area contributed by atoms with Crippen molar-refractivity contribution in [1.82, 2.24) is 5.32 Å². The number of carbonyl (C=O) groups is 2. The van der Waals surface area contributed by atoms with Crippen molar-refractivity contribution in [1.29, 1.82) is 0 Å². The van der Waals surface area contributed by atoms with Gasteiger partial charge in [-0.05, 0) is 18.2 Å². The van der Waals surface area contributed by atoms with Crippen LogP contribution in [0.2, 0.25) is 0 Å². The molecule has 1 aromatic rings. The Morgan fingerprint density at radius 1 is 1.50 bits per heavy atom. The summed E-state index contributed by atoms with van der Waals surface area (Å²) in [4.78, 5) is 22.7. The van der Waals surface area contributed by atoms with Gasteiger partial charge in [0.05, 0.1) is 5.69 Å². The van der Waals surface area contributed by atoms with Crippen LogP contribution in [0.25, 0.3) is 0 Å². The van der Waals surface area contributed by atoms with E-state index in [0.29, 0.717) is 4.47 Å². The number of hydrogen-bond acceptors (Lipinski definition) is 3. The Labute approximate surface area is 118 Å². The van der Waals surface area contributed by atoms with Crippen molar-refractivity contribution in [3.05, 3.63) is 28.5 Å². The third-order valence-corrected chi connectivity index (χ3v) is 2.92. The molecule has 7 heteroatoms. The molecule has 0 aliphatic rings. The van der Waals surface area contributed by atoms with Crippen LogP contribution < -0.4 is 10.6 Å². The van der Waals surface area contributed by atoms with Crippen LogP contribution in [0.5, 0.6) is 0 Å². The number of benzene rings is 1. The van der Waals surface area contributed by atoms with Gasteiger partial charge >= 0.3 is 0 Å². The van der Waals surface area contributed by atoms with Gasteiger partial charge in [-0.25, -0.2) is 4.39 Å². The Balaban J connectivity index is 2.79. The summed E-state index contributed by atoms with van der Waals surface area (Å²) in [5, 5.41) is 4.82. The largest absolute Gasteiger partial charge is 0.344 e. The quantitative estimate of drug-likeness (QED) is 0.737. The van der Waals surface area contributed by atoms with E-state index in [0.717, 1.165) is 0 Å². The van der Waals surface area contributed by atoms with Crippen molar-refractivity contribution in [3.8, 4) is 0 Å². The van der Waals surface area contributed by atoms with E-state index in [1.165, 1.54) is 25.1 Å². The number of carbonyl (C=O) groups excluding carboxylic acids is 2. The van der Waals surface area contributed by atoms with Gasteiger partial charge in [0, 0.05) is 17.1 Å². The molecule has 1 aromatic carbocycles. The molecular weight excluding hydrogens is 323 g/mol. The maximum atomic E-state index is 13.4. The normalized spacial score (nSPS) is 11.8. The number of hydrogen-bond donors (Lipinski definition) is 3. The Hall–Kier alpha value is -1.08. The highest BCUT2D eigenvalue weighted by molar-refractivity contribution is 9.10.